The van der Waals surface area contributed by atoms with E-state index in [1.807, 2.05) is 12.1 Å². The highest BCUT2D eigenvalue weighted by Crippen LogP contribution is 2.50. The zero-order chi connectivity index (χ0) is 53.2. The summed E-state index contributed by atoms with van der Waals surface area (Å²) < 4.78 is 0. The molecule has 1 aliphatic carbocycles. The second-order valence-electron chi connectivity index (χ2n) is 21.4. The number of rotatable bonds is 9. The number of fused-ring (bicyclic) bond motifs is 5. The Morgan fingerprint density at radius 3 is 1.18 bits per heavy atom. The van der Waals surface area contributed by atoms with E-state index in [-0.39, 0.29) is 5.41 Å². The summed E-state index contributed by atoms with van der Waals surface area (Å²) >= 11 is 0. The number of hydrogen-bond acceptors (Lipinski definition) is 6. The fourth-order valence-electron chi connectivity index (χ4n) is 11.3. The Labute approximate surface area is 460 Å². The third-order valence-electron chi connectivity index (χ3n) is 15.7. The average Bonchev–Trinajstić information content (AvgIpc) is 4.00. The minimum absolute atomic E-state index is 0.165. The molecule has 0 bridgehead atoms. The molecule has 6 nitrogen and oxygen atoms in total. The first-order chi connectivity index (χ1) is 38.6. The molecular weight excluding hydrogens is 961 g/mol. The molecule has 1 aliphatic rings. The molecule has 0 amide bonds. The van der Waals surface area contributed by atoms with Crippen LogP contribution in [0.3, 0.4) is 0 Å². The van der Waals surface area contributed by atoms with Crippen LogP contribution in [0.5, 0.6) is 0 Å². The standard InChI is InChI=1S/C73H52N6/c1-45-12-10-19-59(38-45)69-75-67(51-26-21-49(22-27-51)47-13-6-5-7-14-47)74-68(76-69)52-28-23-50(24-29-52)54-17-11-18-55(40-54)56-30-31-58-43-61(34-32-57(58)41-56)71-77-70(60-33-25-48-15-8-9-16-53(48)42-60)78-72(79-71)62-35-37-64-63-36-20-46(2)39-65(63)73(3,4)66(64)44-62/h5-44H,1-4H3. The molecule has 0 aliphatic heterocycles. The van der Waals surface area contributed by atoms with Crippen molar-refractivity contribution in [2.45, 2.75) is 33.1 Å². The number of aromatic nitrogens is 6. The topological polar surface area (TPSA) is 77.3 Å². The van der Waals surface area contributed by atoms with E-state index in [9.17, 15) is 0 Å². The summed E-state index contributed by atoms with van der Waals surface area (Å²) in [5.41, 5.74) is 19.9. The van der Waals surface area contributed by atoms with Crippen molar-refractivity contribution in [3.8, 4) is 113 Å². The molecule has 0 saturated heterocycles. The van der Waals surface area contributed by atoms with E-state index in [4.69, 9.17) is 29.9 Å². The van der Waals surface area contributed by atoms with E-state index in [1.165, 1.54) is 38.8 Å². The third kappa shape index (κ3) is 8.93. The lowest BCUT2D eigenvalue weighted by molar-refractivity contribution is 0.660. The number of nitrogens with zero attached hydrogens (tertiary/aromatic N) is 6. The molecule has 79 heavy (non-hydrogen) atoms. The SMILES string of the molecule is Cc1cccc(-c2nc(-c3ccc(-c4ccccc4)cc3)nc(-c3ccc(-c4cccc(-c5ccc6cc(-c7nc(-c8ccc9c(c8)C(C)(C)c8cc(C)ccc8-9)nc(-c8ccc9ccccc9c8)n7)ccc6c5)c4)cc3)n2)c1. The first-order valence-corrected chi connectivity index (χ1v) is 26.9. The van der Waals surface area contributed by atoms with Crippen LogP contribution in [0.2, 0.25) is 0 Å². The molecule has 11 aromatic carbocycles. The first-order valence-electron chi connectivity index (χ1n) is 26.9. The van der Waals surface area contributed by atoms with Gasteiger partial charge in [0.15, 0.2) is 34.9 Å². The van der Waals surface area contributed by atoms with Gasteiger partial charge in [-0.25, -0.2) is 29.9 Å². The summed E-state index contributed by atoms with van der Waals surface area (Å²) in [5.74, 6) is 3.82. The summed E-state index contributed by atoms with van der Waals surface area (Å²) in [6.07, 6.45) is 0. The molecule has 0 unspecified atom stereocenters. The van der Waals surface area contributed by atoms with Crippen LogP contribution < -0.4 is 0 Å². The molecule has 0 fully saturated rings. The Balaban J connectivity index is 0.770. The van der Waals surface area contributed by atoms with Gasteiger partial charge in [0.2, 0.25) is 0 Å². The minimum Gasteiger partial charge on any atom is -0.208 e. The van der Waals surface area contributed by atoms with Crippen molar-refractivity contribution in [1.82, 2.24) is 29.9 Å². The van der Waals surface area contributed by atoms with E-state index in [2.05, 4.69) is 258 Å². The third-order valence-corrected chi connectivity index (χ3v) is 15.7. The predicted octanol–water partition coefficient (Wildman–Crippen LogP) is 18.3. The fraction of sp³-hybridized carbons (Fsp3) is 0.0685. The summed E-state index contributed by atoms with van der Waals surface area (Å²) in [6, 6.07) is 86.0. The van der Waals surface area contributed by atoms with E-state index in [0.29, 0.717) is 34.9 Å². The minimum atomic E-state index is -0.165. The molecule has 0 spiro atoms. The summed E-state index contributed by atoms with van der Waals surface area (Å²) in [4.78, 5) is 30.8. The Hall–Kier alpha value is -10.0. The lowest BCUT2D eigenvalue weighted by Gasteiger charge is -2.22. The zero-order valence-corrected chi connectivity index (χ0v) is 44.3. The van der Waals surface area contributed by atoms with Gasteiger partial charge in [0.05, 0.1) is 0 Å². The Bertz CT molecular complexity index is 4520. The van der Waals surface area contributed by atoms with Crippen LogP contribution >= 0.6 is 0 Å². The highest BCUT2D eigenvalue weighted by Gasteiger charge is 2.36. The molecule has 0 radical (unpaired) electrons. The van der Waals surface area contributed by atoms with E-state index < -0.39 is 0 Å². The second kappa shape index (κ2) is 19.2. The number of benzene rings is 11. The Kier molecular flexibility index (Phi) is 11.5. The summed E-state index contributed by atoms with van der Waals surface area (Å²) in [7, 11) is 0. The maximum absolute atomic E-state index is 5.25. The van der Waals surface area contributed by atoms with Gasteiger partial charge in [-0.15, -0.1) is 0 Å². The molecular formula is C73H52N6. The molecule has 0 saturated carbocycles. The molecule has 0 atom stereocenters. The average molecular weight is 1010 g/mol. The highest BCUT2D eigenvalue weighted by molar-refractivity contribution is 5.92. The Morgan fingerprint density at radius 1 is 0.228 bits per heavy atom. The molecule has 13 aromatic rings. The van der Waals surface area contributed by atoms with Crippen molar-refractivity contribution in [3.63, 3.8) is 0 Å². The van der Waals surface area contributed by atoms with Crippen molar-refractivity contribution in [2.75, 3.05) is 0 Å². The van der Waals surface area contributed by atoms with Crippen molar-refractivity contribution in [2.24, 2.45) is 0 Å². The van der Waals surface area contributed by atoms with E-state index in [0.717, 1.165) is 82.9 Å². The lowest BCUT2D eigenvalue weighted by Crippen LogP contribution is -2.15. The maximum atomic E-state index is 5.25. The van der Waals surface area contributed by atoms with Gasteiger partial charge < -0.3 is 0 Å². The largest absolute Gasteiger partial charge is 0.208 e. The van der Waals surface area contributed by atoms with Crippen LogP contribution in [0.25, 0.3) is 134 Å². The number of hydrogen-bond donors (Lipinski definition) is 0. The maximum Gasteiger partial charge on any atom is 0.164 e. The van der Waals surface area contributed by atoms with Crippen molar-refractivity contribution < 1.29 is 0 Å². The molecule has 14 rings (SSSR count). The van der Waals surface area contributed by atoms with Crippen LogP contribution in [-0.4, -0.2) is 29.9 Å². The predicted molar refractivity (Wildman–Crippen MR) is 324 cm³/mol. The van der Waals surface area contributed by atoms with Crippen molar-refractivity contribution >= 4 is 21.5 Å². The van der Waals surface area contributed by atoms with Gasteiger partial charge in [0, 0.05) is 38.8 Å². The van der Waals surface area contributed by atoms with Gasteiger partial charge in [0.1, 0.15) is 0 Å². The highest BCUT2D eigenvalue weighted by atomic mass is 15.0. The summed E-state index contributed by atoms with van der Waals surface area (Å²) in [6.45, 7) is 8.90. The lowest BCUT2D eigenvalue weighted by atomic mass is 9.81. The van der Waals surface area contributed by atoms with Crippen LogP contribution in [0.4, 0.5) is 0 Å². The number of aryl methyl sites for hydroxylation is 2. The molecule has 2 heterocycles. The van der Waals surface area contributed by atoms with Crippen molar-refractivity contribution in [1.29, 1.82) is 0 Å². The molecule has 2 aromatic heterocycles. The fourth-order valence-corrected chi connectivity index (χ4v) is 11.3. The van der Waals surface area contributed by atoms with Crippen LogP contribution in [0.15, 0.2) is 243 Å². The quantitative estimate of drug-likeness (QED) is 0.143. The molecule has 374 valence electrons. The van der Waals surface area contributed by atoms with Crippen LogP contribution in [0, 0.1) is 13.8 Å². The van der Waals surface area contributed by atoms with Gasteiger partial charge in [-0.1, -0.05) is 231 Å². The van der Waals surface area contributed by atoms with Crippen molar-refractivity contribution in [3.05, 3.63) is 265 Å². The van der Waals surface area contributed by atoms with E-state index in [1.54, 1.807) is 0 Å². The monoisotopic (exact) mass is 1010 g/mol. The van der Waals surface area contributed by atoms with Gasteiger partial charge in [0.25, 0.3) is 0 Å². The van der Waals surface area contributed by atoms with Gasteiger partial charge >= 0.3 is 0 Å². The summed E-state index contributed by atoms with van der Waals surface area (Å²) in [5, 5.41) is 4.55. The Morgan fingerprint density at radius 2 is 0.570 bits per heavy atom. The van der Waals surface area contributed by atoms with Crippen LogP contribution in [0.1, 0.15) is 36.1 Å². The molecule has 0 N–H and O–H groups in total. The zero-order valence-electron chi connectivity index (χ0n) is 44.3. The smallest absolute Gasteiger partial charge is 0.164 e. The van der Waals surface area contributed by atoms with Crippen LogP contribution in [-0.2, 0) is 5.41 Å². The van der Waals surface area contributed by atoms with Gasteiger partial charge in [-0.3, -0.25) is 0 Å². The second-order valence-corrected chi connectivity index (χ2v) is 21.4. The first kappa shape index (κ1) is 47.4. The van der Waals surface area contributed by atoms with E-state index >= 15 is 0 Å². The van der Waals surface area contributed by atoms with Gasteiger partial charge in [-0.05, 0) is 127 Å². The molecule has 6 heteroatoms. The normalized spacial score (nSPS) is 12.4. The van der Waals surface area contributed by atoms with Gasteiger partial charge in [-0.2, -0.15) is 0 Å².